The van der Waals surface area contributed by atoms with Crippen molar-refractivity contribution in [2.45, 2.75) is 40.2 Å². The minimum absolute atomic E-state index is 0.170. The van der Waals surface area contributed by atoms with Crippen molar-refractivity contribution in [2.24, 2.45) is 0 Å². The number of likely N-dealkylation sites (N-methyl/N-ethyl adjacent to an activating group) is 1. The monoisotopic (exact) mass is 465 g/mol. The second kappa shape index (κ2) is 10.5. The van der Waals surface area contributed by atoms with Crippen LogP contribution in [-0.4, -0.2) is 81.1 Å². The lowest BCUT2D eigenvalue weighted by atomic mass is 10.2. The molecule has 1 saturated heterocycles. The predicted octanol–water partition coefficient (Wildman–Crippen LogP) is 1.90. The summed E-state index contributed by atoms with van der Waals surface area (Å²) >= 11 is 0. The largest absolute Gasteiger partial charge is 0.353 e. The highest BCUT2D eigenvalue weighted by atomic mass is 16.2. The molecule has 3 heterocycles. The molecule has 1 atom stereocenters. The Labute approximate surface area is 200 Å². The number of aromatic nitrogens is 4. The molecule has 1 aliphatic rings. The van der Waals surface area contributed by atoms with Crippen LogP contribution in [0, 0.1) is 13.8 Å². The molecule has 0 aliphatic carbocycles. The van der Waals surface area contributed by atoms with Crippen molar-refractivity contribution < 1.29 is 4.79 Å². The van der Waals surface area contributed by atoms with E-state index in [1.807, 2.05) is 51.1 Å². The average molecular weight is 466 g/mol. The van der Waals surface area contributed by atoms with E-state index in [-0.39, 0.29) is 11.5 Å². The summed E-state index contributed by atoms with van der Waals surface area (Å²) in [5, 5.41) is 12.7. The maximum atomic E-state index is 13.5. The summed E-state index contributed by atoms with van der Waals surface area (Å²) in [7, 11) is 0. The van der Waals surface area contributed by atoms with Crippen LogP contribution in [-0.2, 0) is 4.79 Å². The molecule has 9 heteroatoms. The molecule has 182 valence electrons. The van der Waals surface area contributed by atoms with Gasteiger partial charge in [0.05, 0.1) is 22.5 Å². The van der Waals surface area contributed by atoms with Crippen molar-refractivity contribution in [1.29, 1.82) is 0 Å². The molecule has 0 radical (unpaired) electrons. The Morgan fingerprint density at radius 1 is 1.03 bits per heavy atom. The highest BCUT2D eigenvalue weighted by Crippen LogP contribution is 2.21. The van der Waals surface area contributed by atoms with Gasteiger partial charge in [0.2, 0.25) is 5.91 Å². The van der Waals surface area contributed by atoms with Crippen LogP contribution in [0.1, 0.15) is 37.7 Å². The molecule has 1 unspecified atom stereocenters. The molecule has 1 aromatic carbocycles. The average Bonchev–Trinajstić information content (AvgIpc) is 3.21. The van der Waals surface area contributed by atoms with Crippen LogP contribution in [0.3, 0.4) is 0 Å². The molecular formula is C25H35N7O2. The lowest BCUT2D eigenvalue weighted by molar-refractivity contribution is -0.124. The normalized spacial score (nSPS) is 16.1. The number of carbonyl (C=O) groups is 1. The van der Waals surface area contributed by atoms with Crippen LogP contribution < -0.4 is 10.9 Å². The third-order valence-electron chi connectivity index (χ3n) is 6.76. The molecule has 2 aromatic heterocycles. The van der Waals surface area contributed by atoms with E-state index in [1.165, 1.54) is 4.68 Å². The zero-order valence-electron chi connectivity index (χ0n) is 20.6. The lowest BCUT2D eigenvalue weighted by Crippen LogP contribution is -2.48. The van der Waals surface area contributed by atoms with Crippen LogP contribution in [0.25, 0.3) is 16.6 Å². The Bertz CT molecular complexity index is 1190. The lowest BCUT2D eigenvalue weighted by Gasteiger charge is -2.34. The number of piperazine rings is 1. The van der Waals surface area contributed by atoms with Gasteiger partial charge in [-0.05, 0) is 38.9 Å². The number of hydrogen-bond donors (Lipinski definition) is 1. The van der Waals surface area contributed by atoms with Crippen molar-refractivity contribution in [3.8, 4) is 5.69 Å². The van der Waals surface area contributed by atoms with Gasteiger partial charge in [0.25, 0.3) is 5.56 Å². The maximum absolute atomic E-state index is 13.5. The summed E-state index contributed by atoms with van der Waals surface area (Å²) in [5.41, 5.74) is 2.55. The van der Waals surface area contributed by atoms with Gasteiger partial charge in [0.1, 0.15) is 11.6 Å². The van der Waals surface area contributed by atoms with Gasteiger partial charge in [-0.2, -0.15) is 10.2 Å². The zero-order chi connectivity index (χ0) is 24.2. The van der Waals surface area contributed by atoms with Gasteiger partial charge < -0.3 is 10.2 Å². The number of para-hydroxylation sites is 1. The Kier molecular flexibility index (Phi) is 7.43. The van der Waals surface area contributed by atoms with Gasteiger partial charge in [0.15, 0.2) is 0 Å². The molecule has 1 fully saturated rings. The van der Waals surface area contributed by atoms with Crippen molar-refractivity contribution in [2.75, 3.05) is 45.8 Å². The number of aryl methyl sites for hydroxylation is 2. The second-order valence-corrected chi connectivity index (χ2v) is 8.88. The van der Waals surface area contributed by atoms with Gasteiger partial charge in [-0.15, -0.1) is 0 Å². The molecule has 34 heavy (non-hydrogen) atoms. The molecule has 3 aromatic rings. The zero-order valence-corrected chi connectivity index (χ0v) is 20.6. The number of hydrogen-bond acceptors (Lipinski definition) is 6. The summed E-state index contributed by atoms with van der Waals surface area (Å²) in [5.74, 6) is -0.170. The molecule has 0 saturated carbocycles. The number of nitrogens with one attached hydrogen (secondary N) is 1. The van der Waals surface area contributed by atoms with Crippen molar-refractivity contribution in [3.63, 3.8) is 0 Å². The first-order chi connectivity index (χ1) is 16.4. The van der Waals surface area contributed by atoms with Crippen molar-refractivity contribution >= 4 is 16.8 Å². The highest BCUT2D eigenvalue weighted by molar-refractivity contribution is 5.84. The molecular weight excluding hydrogens is 430 g/mol. The van der Waals surface area contributed by atoms with E-state index in [1.54, 1.807) is 4.68 Å². The molecule has 0 bridgehead atoms. The molecule has 0 spiro atoms. The maximum Gasteiger partial charge on any atom is 0.278 e. The van der Waals surface area contributed by atoms with E-state index in [4.69, 9.17) is 0 Å². The molecule has 1 N–H and O–H groups in total. The highest BCUT2D eigenvalue weighted by Gasteiger charge is 2.25. The summed E-state index contributed by atoms with van der Waals surface area (Å²) < 4.78 is 3.11. The number of nitrogens with zero attached hydrogens (tertiary/aromatic N) is 6. The number of carbonyl (C=O) groups excluding carboxylic acids is 1. The topological polar surface area (TPSA) is 88.3 Å². The van der Waals surface area contributed by atoms with Crippen LogP contribution in [0.4, 0.5) is 0 Å². The fourth-order valence-electron chi connectivity index (χ4n) is 4.67. The van der Waals surface area contributed by atoms with E-state index in [9.17, 15) is 9.59 Å². The first-order valence-electron chi connectivity index (χ1n) is 12.2. The first kappa shape index (κ1) is 24.1. The van der Waals surface area contributed by atoms with Gasteiger partial charge in [-0.1, -0.05) is 32.0 Å². The SMILES string of the molecule is CCC(C(=O)NCCN1CCN(CC)CC1)n1nc(C)c2nn(-c3ccccc3)c(C)c2c1=O. The quantitative estimate of drug-likeness (QED) is 0.547. The first-order valence-corrected chi connectivity index (χ1v) is 12.2. The van der Waals surface area contributed by atoms with E-state index in [2.05, 4.69) is 32.2 Å². The van der Waals surface area contributed by atoms with E-state index in [0.29, 0.717) is 29.6 Å². The van der Waals surface area contributed by atoms with Crippen molar-refractivity contribution in [3.05, 3.63) is 52.1 Å². The van der Waals surface area contributed by atoms with Crippen LogP contribution in [0.5, 0.6) is 0 Å². The molecule has 9 nitrogen and oxygen atoms in total. The standard InChI is InChI=1S/C25H35N7O2/c1-5-21(24(33)26-12-13-30-16-14-29(6-2)15-17-30)32-25(34)22-19(4)31(20-10-8-7-9-11-20)28-23(22)18(3)27-32/h7-11,21H,5-6,12-17H2,1-4H3,(H,26,33). The molecule has 1 aliphatic heterocycles. The van der Waals surface area contributed by atoms with Gasteiger partial charge >= 0.3 is 0 Å². The minimum Gasteiger partial charge on any atom is -0.353 e. The number of amides is 1. The number of rotatable bonds is 8. The third kappa shape index (κ3) is 4.76. The van der Waals surface area contributed by atoms with Crippen molar-refractivity contribution in [1.82, 2.24) is 34.7 Å². The van der Waals surface area contributed by atoms with Gasteiger partial charge in [-0.3, -0.25) is 14.5 Å². The van der Waals surface area contributed by atoms with Crippen LogP contribution in [0.15, 0.2) is 35.1 Å². The summed E-state index contributed by atoms with van der Waals surface area (Å²) in [4.78, 5) is 31.4. The Balaban J connectivity index is 1.53. The van der Waals surface area contributed by atoms with Gasteiger partial charge in [0, 0.05) is 39.3 Å². The van der Waals surface area contributed by atoms with E-state index < -0.39 is 6.04 Å². The van der Waals surface area contributed by atoms with Crippen LogP contribution >= 0.6 is 0 Å². The summed E-state index contributed by atoms with van der Waals surface area (Å²) in [6.45, 7) is 14.4. The Hall–Kier alpha value is -3.04. The smallest absolute Gasteiger partial charge is 0.278 e. The second-order valence-electron chi connectivity index (χ2n) is 8.88. The number of fused-ring (bicyclic) bond motifs is 1. The van der Waals surface area contributed by atoms with Gasteiger partial charge in [-0.25, -0.2) is 9.36 Å². The predicted molar refractivity (Wildman–Crippen MR) is 133 cm³/mol. The third-order valence-corrected chi connectivity index (χ3v) is 6.76. The molecule has 1 amide bonds. The van der Waals surface area contributed by atoms with E-state index >= 15 is 0 Å². The minimum atomic E-state index is -0.660. The van der Waals surface area contributed by atoms with E-state index in [0.717, 1.165) is 50.6 Å². The van der Waals surface area contributed by atoms with Crippen LogP contribution in [0.2, 0.25) is 0 Å². The summed E-state index contributed by atoms with van der Waals surface area (Å²) in [6.07, 6.45) is 0.477. The summed E-state index contributed by atoms with van der Waals surface area (Å²) in [6, 6.07) is 9.05. The molecule has 4 rings (SSSR count). The number of benzene rings is 1. The fourth-order valence-corrected chi connectivity index (χ4v) is 4.67. The Morgan fingerprint density at radius 3 is 2.35 bits per heavy atom. The fraction of sp³-hybridized carbons (Fsp3) is 0.520. The Morgan fingerprint density at radius 2 is 1.71 bits per heavy atom.